The lowest BCUT2D eigenvalue weighted by Gasteiger charge is -2.09. The number of methoxy groups -OCH3 is 1. The van der Waals surface area contributed by atoms with Crippen LogP contribution in [-0.2, 0) is 12.7 Å². The van der Waals surface area contributed by atoms with Crippen LogP contribution in [0.3, 0.4) is 0 Å². The van der Waals surface area contributed by atoms with Crippen molar-refractivity contribution in [3.63, 3.8) is 0 Å². The first-order chi connectivity index (χ1) is 13.3. The maximum Gasteiger partial charge on any atom is 0.416 e. The number of carbonyl (C=O) groups is 1. The summed E-state index contributed by atoms with van der Waals surface area (Å²) in [5.74, 6) is -0.186. The monoisotopic (exact) mass is 393 g/mol. The van der Waals surface area contributed by atoms with Gasteiger partial charge in [-0.25, -0.2) is 4.79 Å². The van der Waals surface area contributed by atoms with E-state index in [4.69, 9.17) is 4.74 Å². The van der Waals surface area contributed by atoms with Crippen LogP contribution in [0.1, 0.15) is 21.6 Å². The van der Waals surface area contributed by atoms with Crippen LogP contribution in [0.25, 0.3) is 0 Å². The molecule has 7 nitrogen and oxygen atoms in total. The minimum atomic E-state index is -4.54. The van der Waals surface area contributed by atoms with E-state index in [1.54, 1.807) is 24.3 Å². The minimum Gasteiger partial charge on any atom is -0.497 e. The van der Waals surface area contributed by atoms with Crippen LogP contribution in [0.4, 0.5) is 18.9 Å². The third kappa shape index (κ3) is 4.22. The third-order valence-electron chi connectivity index (χ3n) is 3.95. The van der Waals surface area contributed by atoms with Crippen LogP contribution in [0.15, 0.2) is 53.3 Å². The van der Waals surface area contributed by atoms with E-state index < -0.39 is 23.2 Å². The maximum atomic E-state index is 12.8. The number of benzene rings is 2. The van der Waals surface area contributed by atoms with E-state index in [-0.39, 0.29) is 17.9 Å². The average molecular weight is 393 g/mol. The first kappa shape index (κ1) is 19.2. The van der Waals surface area contributed by atoms with Gasteiger partial charge in [0.15, 0.2) is 0 Å². The number of nitrogens with one attached hydrogen (secondary N) is 3. The van der Waals surface area contributed by atoms with Crippen molar-refractivity contribution < 1.29 is 27.4 Å². The molecule has 3 aromatic rings. The van der Waals surface area contributed by atoms with Gasteiger partial charge >= 0.3 is 23.3 Å². The van der Waals surface area contributed by atoms with Crippen molar-refractivity contribution in [2.75, 3.05) is 12.4 Å². The van der Waals surface area contributed by atoms with Crippen molar-refractivity contribution >= 4 is 11.6 Å². The molecule has 0 bridgehead atoms. The number of anilines is 1. The van der Waals surface area contributed by atoms with E-state index in [0.717, 1.165) is 17.7 Å². The van der Waals surface area contributed by atoms with Crippen LogP contribution in [0, 0.1) is 0 Å². The van der Waals surface area contributed by atoms with Crippen LogP contribution >= 0.6 is 0 Å². The Morgan fingerprint density at radius 2 is 1.89 bits per heavy atom. The van der Waals surface area contributed by atoms with Gasteiger partial charge in [-0.15, -0.1) is 9.78 Å². The second-order valence-corrected chi connectivity index (χ2v) is 5.88. The highest BCUT2D eigenvalue weighted by atomic mass is 19.4. The standard InChI is InChI=1S/C18H15F3N4O3/c1-28-14-7-5-11(6-8-14)10-25-15(17(27)23-24-25)16(26)22-13-4-2-3-12(9-13)18(19,20)21/h2-9H,10H2,1H3,(H2,22,26,27)/p+1. The molecule has 3 N–H and O–H groups in total. The molecule has 0 fully saturated rings. The van der Waals surface area contributed by atoms with Crippen molar-refractivity contribution in [2.24, 2.45) is 0 Å². The zero-order valence-corrected chi connectivity index (χ0v) is 14.6. The number of ether oxygens (including phenoxy) is 1. The second kappa shape index (κ2) is 7.59. The highest BCUT2D eigenvalue weighted by Gasteiger charge is 2.31. The molecule has 1 aromatic heterocycles. The van der Waals surface area contributed by atoms with Crippen molar-refractivity contribution in [3.05, 3.63) is 75.7 Å². The van der Waals surface area contributed by atoms with Crippen molar-refractivity contribution in [1.82, 2.24) is 10.3 Å². The van der Waals surface area contributed by atoms with Gasteiger partial charge in [-0.05, 0) is 35.9 Å². The number of aromatic amines is 2. The third-order valence-corrected chi connectivity index (χ3v) is 3.95. The largest absolute Gasteiger partial charge is 0.497 e. The Morgan fingerprint density at radius 1 is 1.18 bits per heavy atom. The van der Waals surface area contributed by atoms with E-state index >= 15 is 0 Å². The zero-order valence-electron chi connectivity index (χ0n) is 14.6. The molecule has 10 heteroatoms. The molecule has 0 saturated heterocycles. The molecule has 0 saturated carbocycles. The van der Waals surface area contributed by atoms with Gasteiger partial charge in [-0.1, -0.05) is 23.4 Å². The molecule has 2 aromatic carbocycles. The number of hydrogen-bond donors (Lipinski definition) is 3. The topological polar surface area (TPSA) is 90.9 Å². The van der Waals surface area contributed by atoms with Crippen LogP contribution in [0.5, 0.6) is 5.75 Å². The summed E-state index contributed by atoms with van der Waals surface area (Å²) in [6.07, 6.45) is -4.54. The fourth-order valence-electron chi connectivity index (χ4n) is 2.58. The number of aromatic nitrogens is 3. The van der Waals surface area contributed by atoms with E-state index in [9.17, 15) is 22.8 Å². The summed E-state index contributed by atoms with van der Waals surface area (Å²) in [4.78, 5) is 24.5. The van der Waals surface area contributed by atoms with Gasteiger partial charge in [0.05, 0.1) is 12.7 Å². The quantitative estimate of drug-likeness (QED) is 0.581. The summed E-state index contributed by atoms with van der Waals surface area (Å²) in [5.41, 5.74) is -1.17. The molecule has 1 heterocycles. The number of amides is 1. The smallest absolute Gasteiger partial charge is 0.416 e. The Balaban J connectivity index is 1.83. The molecule has 0 radical (unpaired) electrons. The lowest BCUT2D eigenvalue weighted by molar-refractivity contribution is -0.747. The fourth-order valence-corrected chi connectivity index (χ4v) is 2.58. The first-order valence-electron chi connectivity index (χ1n) is 8.10. The molecule has 0 aliphatic heterocycles. The minimum absolute atomic E-state index is 0.0728. The molecule has 0 spiro atoms. The van der Waals surface area contributed by atoms with E-state index in [1.807, 2.05) is 0 Å². The number of rotatable bonds is 5. The SMILES string of the molecule is COc1ccc(C[n+]2[nH][nH]c(=O)c2C(=O)Nc2cccc(C(F)(F)F)c2)cc1. The van der Waals surface area contributed by atoms with Gasteiger partial charge in [-0.2, -0.15) is 13.2 Å². The second-order valence-electron chi connectivity index (χ2n) is 5.88. The molecular weight excluding hydrogens is 377 g/mol. The van der Waals surface area contributed by atoms with Gasteiger partial charge in [0, 0.05) is 5.69 Å². The molecule has 0 aliphatic carbocycles. The van der Waals surface area contributed by atoms with Gasteiger partial charge in [0.25, 0.3) is 0 Å². The number of H-pyrrole nitrogens is 2. The molecule has 146 valence electrons. The van der Waals surface area contributed by atoms with Crippen molar-refractivity contribution in [1.29, 1.82) is 0 Å². The lowest BCUT2D eigenvalue weighted by atomic mass is 10.2. The summed E-state index contributed by atoms with van der Waals surface area (Å²) in [6.45, 7) is 0.161. The number of nitrogens with zero attached hydrogens (tertiary/aromatic N) is 1. The summed E-state index contributed by atoms with van der Waals surface area (Å²) >= 11 is 0. The molecule has 0 aliphatic rings. The first-order valence-corrected chi connectivity index (χ1v) is 8.10. The van der Waals surface area contributed by atoms with Crippen LogP contribution < -0.4 is 20.3 Å². The lowest BCUT2D eigenvalue weighted by Crippen LogP contribution is -2.45. The molecular formula is C18H16F3N4O3+. The Hall–Kier alpha value is -3.56. The van der Waals surface area contributed by atoms with Gasteiger partial charge in [0.1, 0.15) is 12.3 Å². The predicted molar refractivity (Wildman–Crippen MR) is 93.1 cm³/mol. The predicted octanol–water partition coefficient (Wildman–Crippen LogP) is 2.32. The van der Waals surface area contributed by atoms with Crippen molar-refractivity contribution in [3.8, 4) is 5.75 Å². The van der Waals surface area contributed by atoms with E-state index in [1.165, 1.54) is 23.9 Å². The fraction of sp³-hybridized carbons (Fsp3) is 0.167. The number of carbonyl (C=O) groups excluding carboxylic acids is 1. The van der Waals surface area contributed by atoms with Crippen molar-refractivity contribution in [2.45, 2.75) is 12.7 Å². The normalized spacial score (nSPS) is 11.3. The Kier molecular flexibility index (Phi) is 5.21. The molecule has 3 rings (SSSR count). The molecule has 28 heavy (non-hydrogen) atoms. The van der Waals surface area contributed by atoms with Crippen LogP contribution in [0.2, 0.25) is 0 Å². The number of halogens is 3. The Labute approximate surface area is 156 Å². The number of alkyl halides is 3. The summed E-state index contributed by atoms with van der Waals surface area (Å²) in [5, 5.41) is 7.18. The number of hydrogen-bond acceptors (Lipinski definition) is 3. The van der Waals surface area contributed by atoms with E-state index in [0.29, 0.717) is 5.75 Å². The van der Waals surface area contributed by atoms with Gasteiger partial charge in [-0.3, -0.25) is 4.79 Å². The Morgan fingerprint density at radius 3 is 2.54 bits per heavy atom. The molecule has 0 unspecified atom stereocenters. The van der Waals surface area contributed by atoms with Crippen LogP contribution in [-0.4, -0.2) is 23.3 Å². The summed E-state index contributed by atoms with van der Waals surface area (Å²) in [6, 6.07) is 11.1. The summed E-state index contributed by atoms with van der Waals surface area (Å²) in [7, 11) is 1.53. The average Bonchev–Trinajstić information content (AvgIpc) is 3.02. The maximum absolute atomic E-state index is 12.8. The Bertz CT molecular complexity index is 1040. The highest BCUT2D eigenvalue weighted by molar-refractivity contribution is 6.01. The molecule has 1 amide bonds. The van der Waals surface area contributed by atoms with Gasteiger partial charge < -0.3 is 10.1 Å². The molecule has 0 atom stereocenters. The zero-order chi connectivity index (χ0) is 20.3. The van der Waals surface area contributed by atoms with Gasteiger partial charge in [0.2, 0.25) is 0 Å². The summed E-state index contributed by atoms with van der Waals surface area (Å²) < 4.78 is 44.8. The van der Waals surface area contributed by atoms with E-state index in [2.05, 4.69) is 15.6 Å². The highest BCUT2D eigenvalue weighted by Crippen LogP contribution is 2.30.